The second-order valence-electron chi connectivity index (χ2n) is 4.20. The third-order valence-electron chi connectivity index (χ3n) is 2.88. The predicted octanol–water partition coefficient (Wildman–Crippen LogP) is 3.65. The highest BCUT2D eigenvalue weighted by atomic mass is 32.2. The molecule has 18 heavy (non-hydrogen) atoms. The molecule has 94 valence electrons. The van der Waals surface area contributed by atoms with Gasteiger partial charge in [0.2, 0.25) is 0 Å². The van der Waals surface area contributed by atoms with Crippen LogP contribution in [0.25, 0.3) is 0 Å². The molecule has 0 aliphatic rings. The normalized spacial score (nSPS) is 12.3. The average molecular weight is 258 g/mol. The molecule has 2 nitrogen and oxygen atoms in total. The molecule has 0 spiro atoms. The van der Waals surface area contributed by atoms with E-state index in [4.69, 9.17) is 0 Å². The molecule has 1 N–H and O–H groups in total. The molecule has 1 heterocycles. The standard InChI is InChI=1S/C15H18N2S/c1-12(16-2)15-9-8-14(10-17-15)18-11-13-6-4-3-5-7-13/h3-10,12,16H,11H2,1-2H3. The first kappa shape index (κ1) is 13.1. The maximum Gasteiger partial charge on any atom is 0.0571 e. The van der Waals surface area contributed by atoms with Crippen LogP contribution in [0.4, 0.5) is 0 Å². The molecule has 1 aromatic carbocycles. The highest BCUT2D eigenvalue weighted by molar-refractivity contribution is 7.98. The molecule has 0 saturated heterocycles. The van der Waals surface area contributed by atoms with E-state index >= 15 is 0 Å². The van der Waals surface area contributed by atoms with Crippen molar-refractivity contribution in [3.05, 3.63) is 59.9 Å². The van der Waals surface area contributed by atoms with Crippen molar-refractivity contribution in [2.75, 3.05) is 7.05 Å². The Balaban J connectivity index is 1.94. The van der Waals surface area contributed by atoms with Gasteiger partial charge in [-0.15, -0.1) is 11.8 Å². The van der Waals surface area contributed by atoms with Crippen LogP contribution in [0.1, 0.15) is 24.2 Å². The number of pyridine rings is 1. The fraction of sp³-hybridized carbons (Fsp3) is 0.267. The Bertz CT molecular complexity index is 468. The monoisotopic (exact) mass is 258 g/mol. The summed E-state index contributed by atoms with van der Waals surface area (Å²) in [4.78, 5) is 5.69. The van der Waals surface area contributed by atoms with Gasteiger partial charge in [-0.25, -0.2) is 0 Å². The smallest absolute Gasteiger partial charge is 0.0571 e. The van der Waals surface area contributed by atoms with E-state index in [1.165, 1.54) is 10.5 Å². The minimum absolute atomic E-state index is 0.304. The summed E-state index contributed by atoms with van der Waals surface area (Å²) in [6, 6.07) is 15.0. The number of thioether (sulfide) groups is 1. The van der Waals surface area contributed by atoms with Crippen LogP contribution in [0.3, 0.4) is 0 Å². The lowest BCUT2D eigenvalue weighted by molar-refractivity contribution is 0.631. The molecule has 3 heteroatoms. The molecule has 0 aliphatic carbocycles. The molecule has 2 aromatic rings. The highest BCUT2D eigenvalue weighted by Crippen LogP contribution is 2.22. The molecule has 1 atom stereocenters. The molecule has 1 aromatic heterocycles. The minimum Gasteiger partial charge on any atom is -0.312 e. The van der Waals surface area contributed by atoms with Gasteiger partial charge in [-0.3, -0.25) is 4.98 Å². The van der Waals surface area contributed by atoms with Gasteiger partial charge in [0, 0.05) is 22.9 Å². The van der Waals surface area contributed by atoms with E-state index < -0.39 is 0 Å². The summed E-state index contributed by atoms with van der Waals surface area (Å²) in [5.74, 6) is 0.990. The summed E-state index contributed by atoms with van der Waals surface area (Å²) in [5.41, 5.74) is 2.43. The van der Waals surface area contributed by atoms with Crippen LogP contribution < -0.4 is 5.32 Å². The van der Waals surface area contributed by atoms with Crippen molar-refractivity contribution < 1.29 is 0 Å². The molecule has 0 bridgehead atoms. The van der Waals surface area contributed by atoms with Crippen LogP contribution in [-0.2, 0) is 5.75 Å². The van der Waals surface area contributed by atoms with Gasteiger partial charge in [-0.1, -0.05) is 30.3 Å². The van der Waals surface area contributed by atoms with Crippen molar-refractivity contribution in [1.82, 2.24) is 10.3 Å². The van der Waals surface area contributed by atoms with Crippen LogP contribution in [-0.4, -0.2) is 12.0 Å². The number of hydrogen-bond acceptors (Lipinski definition) is 3. The fourth-order valence-electron chi connectivity index (χ4n) is 1.62. The zero-order valence-electron chi connectivity index (χ0n) is 10.8. The zero-order valence-corrected chi connectivity index (χ0v) is 11.6. The number of nitrogens with zero attached hydrogens (tertiary/aromatic N) is 1. The lowest BCUT2D eigenvalue weighted by Crippen LogP contribution is -2.13. The number of hydrogen-bond donors (Lipinski definition) is 1. The van der Waals surface area contributed by atoms with Crippen LogP contribution in [0.5, 0.6) is 0 Å². The van der Waals surface area contributed by atoms with E-state index in [0.717, 1.165) is 11.4 Å². The maximum atomic E-state index is 4.48. The molecule has 0 fully saturated rings. The summed E-state index contributed by atoms with van der Waals surface area (Å²) in [6.45, 7) is 2.11. The van der Waals surface area contributed by atoms with Crippen molar-refractivity contribution in [3.63, 3.8) is 0 Å². The van der Waals surface area contributed by atoms with Gasteiger partial charge in [-0.05, 0) is 31.7 Å². The molecule has 0 aliphatic heterocycles. The van der Waals surface area contributed by atoms with Gasteiger partial charge in [0.25, 0.3) is 0 Å². The topological polar surface area (TPSA) is 24.9 Å². The van der Waals surface area contributed by atoms with Crippen LogP contribution in [0.2, 0.25) is 0 Å². The Morgan fingerprint density at radius 1 is 1.17 bits per heavy atom. The van der Waals surface area contributed by atoms with Crippen LogP contribution in [0, 0.1) is 0 Å². The van der Waals surface area contributed by atoms with Crippen molar-refractivity contribution in [2.45, 2.75) is 23.6 Å². The van der Waals surface area contributed by atoms with Gasteiger partial charge >= 0.3 is 0 Å². The van der Waals surface area contributed by atoms with Gasteiger partial charge < -0.3 is 5.32 Å². The Kier molecular flexibility index (Phi) is 4.79. The summed E-state index contributed by atoms with van der Waals surface area (Å²) in [6.07, 6.45) is 1.96. The van der Waals surface area contributed by atoms with Crippen molar-refractivity contribution in [1.29, 1.82) is 0 Å². The first-order valence-corrected chi connectivity index (χ1v) is 7.08. The van der Waals surface area contributed by atoms with E-state index in [9.17, 15) is 0 Å². The molecular formula is C15H18N2S. The first-order chi connectivity index (χ1) is 8.79. The lowest BCUT2D eigenvalue weighted by Gasteiger charge is -2.09. The largest absolute Gasteiger partial charge is 0.312 e. The van der Waals surface area contributed by atoms with Crippen molar-refractivity contribution in [2.24, 2.45) is 0 Å². The van der Waals surface area contributed by atoms with E-state index in [0.29, 0.717) is 6.04 Å². The molecule has 0 radical (unpaired) electrons. The van der Waals surface area contributed by atoms with Gasteiger partial charge in [-0.2, -0.15) is 0 Å². The van der Waals surface area contributed by atoms with Crippen LogP contribution >= 0.6 is 11.8 Å². The second kappa shape index (κ2) is 6.57. The SMILES string of the molecule is CNC(C)c1ccc(SCc2ccccc2)cn1. The molecule has 1 unspecified atom stereocenters. The van der Waals surface area contributed by atoms with Crippen molar-refractivity contribution in [3.8, 4) is 0 Å². The average Bonchev–Trinajstić information content (AvgIpc) is 2.46. The Morgan fingerprint density at radius 2 is 1.94 bits per heavy atom. The third kappa shape index (κ3) is 3.59. The number of benzene rings is 1. The van der Waals surface area contributed by atoms with Crippen molar-refractivity contribution >= 4 is 11.8 Å². The predicted molar refractivity (Wildman–Crippen MR) is 77.7 cm³/mol. The fourth-order valence-corrected chi connectivity index (χ4v) is 2.44. The summed E-state index contributed by atoms with van der Waals surface area (Å²) in [7, 11) is 1.95. The maximum absolute atomic E-state index is 4.48. The Morgan fingerprint density at radius 3 is 2.56 bits per heavy atom. The van der Waals surface area contributed by atoms with Crippen LogP contribution in [0.15, 0.2) is 53.6 Å². The molecule has 0 amide bonds. The molecule has 2 rings (SSSR count). The second-order valence-corrected chi connectivity index (χ2v) is 5.25. The number of rotatable bonds is 5. The van der Waals surface area contributed by atoms with E-state index in [-0.39, 0.29) is 0 Å². The Labute approximate surface area is 113 Å². The first-order valence-electron chi connectivity index (χ1n) is 6.09. The number of nitrogens with one attached hydrogen (secondary N) is 1. The number of aromatic nitrogens is 1. The van der Waals surface area contributed by atoms with Gasteiger partial charge in [0.1, 0.15) is 0 Å². The van der Waals surface area contributed by atoms with Gasteiger partial charge in [0.05, 0.1) is 5.69 Å². The van der Waals surface area contributed by atoms with E-state index in [2.05, 4.69) is 53.6 Å². The third-order valence-corrected chi connectivity index (χ3v) is 3.94. The molecular weight excluding hydrogens is 240 g/mol. The molecule has 0 saturated carbocycles. The summed E-state index contributed by atoms with van der Waals surface area (Å²) in [5, 5.41) is 3.19. The minimum atomic E-state index is 0.304. The lowest BCUT2D eigenvalue weighted by atomic mass is 10.2. The van der Waals surface area contributed by atoms with Gasteiger partial charge in [0.15, 0.2) is 0 Å². The van der Waals surface area contributed by atoms with E-state index in [1.807, 2.05) is 31.1 Å². The summed E-state index contributed by atoms with van der Waals surface area (Å²) < 4.78 is 0. The summed E-state index contributed by atoms with van der Waals surface area (Å²) >= 11 is 1.82. The van der Waals surface area contributed by atoms with E-state index in [1.54, 1.807) is 0 Å². The zero-order chi connectivity index (χ0) is 12.8. The highest BCUT2D eigenvalue weighted by Gasteiger charge is 2.03. The quantitative estimate of drug-likeness (QED) is 0.829. The Hall–Kier alpha value is -1.32.